The van der Waals surface area contributed by atoms with E-state index in [4.69, 9.17) is 31.4 Å². The van der Waals surface area contributed by atoms with E-state index in [1.54, 1.807) is 0 Å². The Morgan fingerprint density at radius 1 is 1.03 bits per heavy atom. The highest BCUT2D eigenvalue weighted by Crippen LogP contribution is 2.42. The van der Waals surface area contributed by atoms with Crippen LogP contribution in [0.1, 0.15) is 41.1 Å². The molecule has 37 heavy (non-hydrogen) atoms. The van der Waals surface area contributed by atoms with Crippen LogP contribution in [0.4, 0.5) is 0 Å². The molecule has 2 fully saturated rings. The summed E-state index contributed by atoms with van der Waals surface area (Å²) in [6.45, 7) is 10.2. The third kappa shape index (κ3) is 4.67. The first-order valence-electron chi connectivity index (χ1n) is 13.0. The maximum atomic E-state index is 5.91. The highest BCUT2D eigenvalue weighted by atomic mass is 32.1. The maximum absolute atomic E-state index is 5.91. The van der Waals surface area contributed by atoms with E-state index in [0.29, 0.717) is 0 Å². The third-order valence-corrected chi connectivity index (χ3v) is 7.93. The Morgan fingerprint density at radius 3 is 2.68 bits per heavy atom. The average Bonchev–Trinajstić information content (AvgIpc) is 3.60. The number of morpholine rings is 1. The summed E-state index contributed by atoms with van der Waals surface area (Å²) in [5.41, 5.74) is 5.67. The van der Waals surface area contributed by atoms with Gasteiger partial charge in [-0.05, 0) is 68.4 Å². The molecule has 3 aliphatic heterocycles. The second-order valence-corrected chi connectivity index (χ2v) is 10.2. The van der Waals surface area contributed by atoms with E-state index in [9.17, 15) is 0 Å². The number of hydrogen-bond acceptors (Lipinski definition) is 6. The second-order valence-electron chi connectivity index (χ2n) is 9.83. The van der Waals surface area contributed by atoms with Crippen LogP contribution in [0.25, 0.3) is 5.69 Å². The lowest BCUT2D eigenvalue weighted by molar-refractivity contribution is 0.0365. The first-order chi connectivity index (χ1) is 18.1. The molecule has 9 heteroatoms. The molecule has 1 aromatic carbocycles. The Kier molecular flexibility index (Phi) is 6.75. The molecule has 5 heterocycles. The van der Waals surface area contributed by atoms with Crippen LogP contribution in [0, 0.1) is 13.8 Å². The summed E-state index contributed by atoms with van der Waals surface area (Å²) in [5.74, 6) is 1.57. The molecule has 3 aromatic rings. The average molecular weight is 520 g/mol. The van der Waals surface area contributed by atoms with Crippen molar-refractivity contribution in [3.63, 3.8) is 0 Å². The summed E-state index contributed by atoms with van der Waals surface area (Å²) < 4.78 is 19.0. The summed E-state index contributed by atoms with van der Waals surface area (Å²) in [5, 5.41) is 4.39. The van der Waals surface area contributed by atoms with Crippen LogP contribution in [-0.2, 0) is 4.74 Å². The van der Waals surface area contributed by atoms with E-state index in [1.807, 2.05) is 24.4 Å². The van der Waals surface area contributed by atoms with Crippen LogP contribution in [0.15, 0.2) is 48.7 Å². The number of hydrogen-bond donors (Lipinski definition) is 1. The molecule has 1 N–H and O–H groups in total. The lowest BCUT2D eigenvalue weighted by atomic mass is 9.96. The lowest BCUT2D eigenvalue weighted by Crippen LogP contribution is -2.39. The minimum atomic E-state index is -0.0252. The van der Waals surface area contributed by atoms with Crippen molar-refractivity contribution in [2.45, 2.75) is 32.4 Å². The Morgan fingerprint density at radius 2 is 1.86 bits per heavy atom. The van der Waals surface area contributed by atoms with E-state index in [1.165, 1.54) is 11.3 Å². The van der Waals surface area contributed by atoms with Gasteiger partial charge in [-0.1, -0.05) is 6.07 Å². The molecular weight excluding hydrogens is 486 g/mol. The maximum Gasteiger partial charge on any atom is 0.231 e. The molecule has 0 amide bonds. The van der Waals surface area contributed by atoms with Gasteiger partial charge in [0.05, 0.1) is 31.0 Å². The van der Waals surface area contributed by atoms with Gasteiger partial charge in [-0.2, -0.15) is 0 Å². The molecule has 194 valence electrons. The van der Waals surface area contributed by atoms with Crippen molar-refractivity contribution in [1.82, 2.24) is 24.7 Å². The Bertz CT molecular complexity index is 1270. The Balaban J connectivity index is 1.33. The zero-order valence-corrected chi connectivity index (χ0v) is 22.2. The summed E-state index contributed by atoms with van der Waals surface area (Å²) >= 11 is 5.91. The standard InChI is InChI=1S/C28H33N5O3S/c1-19-16-22(20(2)33(19)21-7-8-24-25(17-21)36-18-35-24)27-26(23-6-3-4-9-29-23)30-28(37)32(27)11-5-10-31-12-14-34-15-13-31/h3-4,6-9,16-17,26-27H,5,10-15,18H2,1-2H3,(H,30,37)/t26-,27-/m0/s1. The molecule has 2 atom stereocenters. The zero-order chi connectivity index (χ0) is 25.4. The van der Waals surface area contributed by atoms with Crippen LogP contribution in [0.3, 0.4) is 0 Å². The Hall–Kier alpha value is -3.14. The van der Waals surface area contributed by atoms with Crippen LogP contribution in [-0.4, -0.2) is 70.6 Å². The van der Waals surface area contributed by atoms with E-state index in [0.717, 1.165) is 79.5 Å². The van der Waals surface area contributed by atoms with Gasteiger partial charge in [-0.3, -0.25) is 9.88 Å². The molecular formula is C28H33N5O3S. The number of fused-ring (bicyclic) bond motifs is 1. The van der Waals surface area contributed by atoms with Gasteiger partial charge in [0.2, 0.25) is 6.79 Å². The molecule has 0 saturated carbocycles. The van der Waals surface area contributed by atoms with Crippen LogP contribution in [0.2, 0.25) is 0 Å². The first kappa shape index (κ1) is 24.2. The van der Waals surface area contributed by atoms with Crippen molar-refractivity contribution in [3.8, 4) is 17.2 Å². The van der Waals surface area contributed by atoms with E-state index in [2.05, 4.69) is 57.8 Å². The van der Waals surface area contributed by atoms with Crippen LogP contribution in [0.5, 0.6) is 11.5 Å². The molecule has 0 unspecified atom stereocenters. The number of benzene rings is 1. The molecule has 6 rings (SSSR count). The lowest BCUT2D eigenvalue weighted by Gasteiger charge is -2.30. The van der Waals surface area contributed by atoms with Crippen molar-refractivity contribution >= 4 is 17.3 Å². The summed E-state index contributed by atoms with van der Waals surface area (Å²) in [4.78, 5) is 9.55. The molecule has 0 radical (unpaired) electrons. The minimum Gasteiger partial charge on any atom is -0.454 e. The van der Waals surface area contributed by atoms with Crippen molar-refractivity contribution in [2.75, 3.05) is 46.2 Å². The molecule has 0 aliphatic carbocycles. The Labute approximate surface area is 223 Å². The monoisotopic (exact) mass is 519 g/mol. The fourth-order valence-corrected chi connectivity index (χ4v) is 6.11. The number of nitrogens with zero attached hydrogens (tertiary/aromatic N) is 4. The zero-order valence-electron chi connectivity index (χ0n) is 21.4. The molecule has 8 nitrogen and oxygen atoms in total. The van der Waals surface area contributed by atoms with Crippen molar-refractivity contribution in [1.29, 1.82) is 0 Å². The van der Waals surface area contributed by atoms with Crippen LogP contribution < -0.4 is 14.8 Å². The van der Waals surface area contributed by atoms with Gasteiger partial charge in [0.1, 0.15) is 0 Å². The van der Waals surface area contributed by atoms with E-state index < -0.39 is 0 Å². The number of thiocarbonyl (C=S) groups is 1. The van der Waals surface area contributed by atoms with Gasteiger partial charge in [0.25, 0.3) is 0 Å². The first-order valence-corrected chi connectivity index (χ1v) is 13.4. The SMILES string of the molecule is Cc1cc([C@H]2[C@H](c3ccccn3)NC(=S)N2CCCN2CCOCC2)c(C)n1-c1ccc2c(c1)OCO2. The summed E-state index contributed by atoms with van der Waals surface area (Å²) in [6.07, 6.45) is 2.89. The summed E-state index contributed by atoms with van der Waals surface area (Å²) in [7, 11) is 0. The van der Waals surface area contributed by atoms with Gasteiger partial charge >= 0.3 is 0 Å². The van der Waals surface area contributed by atoms with Crippen molar-refractivity contribution in [2.24, 2.45) is 0 Å². The van der Waals surface area contributed by atoms with Gasteiger partial charge in [0.15, 0.2) is 16.6 Å². The molecule has 3 aliphatic rings. The van der Waals surface area contributed by atoms with Gasteiger partial charge in [0, 0.05) is 55.5 Å². The number of nitrogens with one attached hydrogen (secondary N) is 1. The fraction of sp³-hybridized carbons (Fsp3) is 0.429. The predicted octanol–water partition coefficient (Wildman–Crippen LogP) is 3.91. The third-order valence-electron chi connectivity index (χ3n) is 7.58. The minimum absolute atomic E-state index is 0.0252. The highest BCUT2D eigenvalue weighted by Gasteiger charge is 2.41. The highest BCUT2D eigenvalue weighted by molar-refractivity contribution is 7.80. The molecule has 2 aromatic heterocycles. The van der Waals surface area contributed by atoms with Crippen molar-refractivity contribution < 1.29 is 14.2 Å². The van der Waals surface area contributed by atoms with Gasteiger partial charge in [-0.15, -0.1) is 0 Å². The number of rotatable bonds is 7. The quantitative estimate of drug-likeness (QED) is 0.472. The smallest absolute Gasteiger partial charge is 0.231 e. The number of aryl methyl sites for hydroxylation is 1. The largest absolute Gasteiger partial charge is 0.454 e. The number of pyridine rings is 1. The normalized spacial score (nSPS) is 21.5. The van der Waals surface area contributed by atoms with Gasteiger partial charge in [-0.25, -0.2) is 0 Å². The topological polar surface area (TPSA) is 64.0 Å². The fourth-order valence-electron chi connectivity index (χ4n) is 5.78. The molecule has 0 bridgehead atoms. The predicted molar refractivity (Wildman–Crippen MR) is 145 cm³/mol. The van der Waals surface area contributed by atoms with E-state index in [-0.39, 0.29) is 18.9 Å². The van der Waals surface area contributed by atoms with Gasteiger partial charge < -0.3 is 29.0 Å². The number of ether oxygens (including phenoxy) is 3. The number of aromatic nitrogens is 2. The van der Waals surface area contributed by atoms with Crippen LogP contribution >= 0.6 is 12.2 Å². The molecule has 2 saturated heterocycles. The second kappa shape index (κ2) is 10.3. The van der Waals surface area contributed by atoms with Crippen molar-refractivity contribution in [3.05, 3.63) is 71.3 Å². The molecule has 0 spiro atoms. The van der Waals surface area contributed by atoms with E-state index >= 15 is 0 Å². The summed E-state index contributed by atoms with van der Waals surface area (Å²) in [6, 6.07) is 14.5.